The first-order valence-corrected chi connectivity index (χ1v) is 12.0. The molecule has 0 aromatic heterocycles. The van der Waals surface area contributed by atoms with E-state index in [2.05, 4.69) is 62.3 Å². The van der Waals surface area contributed by atoms with Crippen molar-refractivity contribution >= 4 is 27.5 Å². The highest BCUT2D eigenvalue weighted by Gasteiger charge is 2.31. The van der Waals surface area contributed by atoms with Crippen molar-refractivity contribution in [3.8, 4) is 0 Å². The van der Waals surface area contributed by atoms with Gasteiger partial charge in [-0.15, -0.1) is 0 Å². The Morgan fingerprint density at radius 2 is 1.44 bits per heavy atom. The van der Waals surface area contributed by atoms with Gasteiger partial charge in [-0.05, 0) is 50.1 Å². The average molecular weight is 253 g/mol. The van der Waals surface area contributed by atoms with Crippen molar-refractivity contribution in [1.82, 2.24) is 0 Å². The molecule has 1 aromatic carbocycles. The third-order valence-corrected chi connectivity index (χ3v) is 8.64. The Balaban J connectivity index is 2.89. The fourth-order valence-electron chi connectivity index (χ4n) is 1.86. The Labute approximate surface area is 101 Å². The van der Waals surface area contributed by atoms with E-state index in [4.69, 9.17) is 4.12 Å². The summed E-state index contributed by atoms with van der Waals surface area (Å²) in [6.45, 7) is 11.3. The van der Waals surface area contributed by atoms with Crippen molar-refractivity contribution < 1.29 is 4.12 Å². The van der Waals surface area contributed by atoms with Crippen LogP contribution in [0.15, 0.2) is 24.3 Å². The summed E-state index contributed by atoms with van der Waals surface area (Å²) >= 11 is 0. The maximum Gasteiger partial charge on any atom is 0.205 e. The fourth-order valence-corrected chi connectivity index (χ4v) is 9.43. The quantitative estimate of drug-likeness (QED) is 0.833. The van der Waals surface area contributed by atoms with E-state index in [-0.39, 0.29) is 0 Å². The molecule has 0 saturated carbocycles. The number of benzene rings is 1. The van der Waals surface area contributed by atoms with Gasteiger partial charge in [0.15, 0.2) is 8.32 Å². The number of anilines is 1. The molecule has 0 spiro atoms. The minimum atomic E-state index is -1.72. The molecule has 0 aliphatic rings. The third kappa shape index (κ3) is 3.77. The highest BCUT2D eigenvalue weighted by molar-refractivity contribution is 6.92. The van der Waals surface area contributed by atoms with Gasteiger partial charge in [-0.1, -0.05) is 12.1 Å². The minimum absolute atomic E-state index is 1.15. The molecule has 0 fully saturated rings. The highest BCUT2D eigenvalue weighted by Crippen LogP contribution is 2.15. The molecule has 90 valence electrons. The maximum atomic E-state index is 6.34. The van der Waals surface area contributed by atoms with Crippen LogP contribution in [-0.2, 0) is 4.12 Å². The van der Waals surface area contributed by atoms with Gasteiger partial charge >= 0.3 is 0 Å². The van der Waals surface area contributed by atoms with E-state index < -0.39 is 16.6 Å². The molecular weight excluding hydrogens is 230 g/mol. The second-order valence-corrected chi connectivity index (χ2v) is 14.2. The molecule has 0 radical (unpaired) electrons. The lowest BCUT2D eigenvalue weighted by Crippen LogP contribution is -2.51. The second kappa shape index (κ2) is 4.73. The average Bonchev–Trinajstić information content (AvgIpc) is 2.14. The zero-order chi connectivity index (χ0) is 12.4. The lowest BCUT2D eigenvalue weighted by atomic mass is 10.3. The summed E-state index contributed by atoms with van der Waals surface area (Å²) in [5.41, 5.74) is 1.15. The standard InChI is InChI=1S/C12H23NOSi2/c1-13-11-7-9-12(10-8-11)16(5,6)14-15(2,3)4/h7-10,13H,1-6H3. The summed E-state index contributed by atoms with van der Waals surface area (Å²) in [6, 6.07) is 8.63. The molecule has 2 nitrogen and oxygen atoms in total. The third-order valence-electron chi connectivity index (χ3n) is 2.43. The summed E-state index contributed by atoms with van der Waals surface area (Å²) < 4.78 is 6.34. The van der Waals surface area contributed by atoms with Crippen molar-refractivity contribution in [2.24, 2.45) is 0 Å². The molecule has 0 aliphatic carbocycles. The van der Waals surface area contributed by atoms with Gasteiger partial charge in [-0.25, -0.2) is 0 Å². The van der Waals surface area contributed by atoms with Crippen LogP contribution in [-0.4, -0.2) is 23.7 Å². The van der Waals surface area contributed by atoms with Crippen molar-refractivity contribution in [3.63, 3.8) is 0 Å². The van der Waals surface area contributed by atoms with E-state index in [1.165, 1.54) is 5.19 Å². The molecular formula is C12H23NOSi2. The van der Waals surface area contributed by atoms with Crippen LogP contribution in [0.1, 0.15) is 0 Å². The lowest BCUT2D eigenvalue weighted by Gasteiger charge is -2.31. The van der Waals surface area contributed by atoms with Gasteiger partial charge in [0.05, 0.1) is 0 Å². The van der Waals surface area contributed by atoms with Crippen molar-refractivity contribution in [3.05, 3.63) is 24.3 Å². The van der Waals surface area contributed by atoms with E-state index in [9.17, 15) is 0 Å². The second-order valence-electron chi connectivity index (χ2n) is 5.55. The molecule has 1 aromatic rings. The largest absolute Gasteiger partial charge is 0.452 e. The van der Waals surface area contributed by atoms with Crippen LogP contribution in [0.4, 0.5) is 5.69 Å². The molecule has 0 bridgehead atoms. The van der Waals surface area contributed by atoms with Crippen molar-refractivity contribution in [2.75, 3.05) is 12.4 Å². The number of hydrogen-bond acceptors (Lipinski definition) is 2. The predicted molar refractivity (Wildman–Crippen MR) is 77.5 cm³/mol. The zero-order valence-electron chi connectivity index (χ0n) is 11.2. The van der Waals surface area contributed by atoms with Gasteiger partial charge in [0.2, 0.25) is 8.32 Å². The molecule has 0 heterocycles. The van der Waals surface area contributed by atoms with E-state index in [1.807, 2.05) is 7.05 Å². The lowest BCUT2D eigenvalue weighted by molar-refractivity contribution is 0.566. The summed E-state index contributed by atoms with van der Waals surface area (Å²) in [6.07, 6.45) is 0. The molecule has 0 saturated heterocycles. The number of rotatable bonds is 4. The van der Waals surface area contributed by atoms with E-state index in [0.29, 0.717) is 0 Å². The summed E-state index contributed by atoms with van der Waals surface area (Å²) in [7, 11) is -1.23. The van der Waals surface area contributed by atoms with Gasteiger partial charge in [-0.3, -0.25) is 0 Å². The maximum absolute atomic E-state index is 6.34. The molecule has 0 unspecified atom stereocenters. The summed E-state index contributed by atoms with van der Waals surface area (Å²) in [5, 5.41) is 4.51. The molecule has 4 heteroatoms. The fraction of sp³-hybridized carbons (Fsp3) is 0.500. The topological polar surface area (TPSA) is 21.3 Å². The Bertz CT molecular complexity index is 341. The molecule has 0 amide bonds. The van der Waals surface area contributed by atoms with E-state index in [1.54, 1.807) is 0 Å². The van der Waals surface area contributed by atoms with Crippen LogP contribution in [0.5, 0.6) is 0 Å². The highest BCUT2D eigenvalue weighted by atomic mass is 28.4. The van der Waals surface area contributed by atoms with E-state index >= 15 is 0 Å². The Morgan fingerprint density at radius 3 is 1.81 bits per heavy atom. The Morgan fingerprint density at radius 1 is 0.938 bits per heavy atom. The van der Waals surface area contributed by atoms with Gasteiger partial charge in [0.1, 0.15) is 0 Å². The smallest absolute Gasteiger partial charge is 0.205 e. The van der Waals surface area contributed by atoms with E-state index in [0.717, 1.165) is 5.69 Å². The normalized spacial score (nSPS) is 12.6. The Hall–Kier alpha value is -0.586. The molecule has 0 aliphatic heterocycles. The van der Waals surface area contributed by atoms with Crippen LogP contribution in [0, 0.1) is 0 Å². The zero-order valence-corrected chi connectivity index (χ0v) is 13.2. The molecule has 0 atom stereocenters. The summed E-state index contributed by atoms with van der Waals surface area (Å²) in [5.74, 6) is 0. The first-order valence-electron chi connectivity index (χ1n) is 5.73. The molecule has 1 rings (SSSR count). The summed E-state index contributed by atoms with van der Waals surface area (Å²) in [4.78, 5) is 0. The van der Waals surface area contributed by atoms with Crippen molar-refractivity contribution in [2.45, 2.75) is 32.7 Å². The number of nitrogens with one attached hydrogen (secondary N) is 1. The van der Waals surface area contributed by atoms with Gasteiger partial charge in [0, 0.05) is 12.7 Å². The van der Waals surface area contributed by atoms with Crippen LogP contribution in [0.3, 0.4) is 0 Å². The van der Waals surface area contributed by atoms with Crippen LogP contribution in [0.25, 0.3) is 0 Å². The predicted octanol–water partition coefficient (Wildman–Crippen LogP) is 2.99. The Kier molecular flexibility index (Phi) is 3.99. The van der Waals surface area contributed by atoms with Gasteiger partial charge in [-0.2, -0.15) is 0 Å². The van der Waals surface area contributed by atoms with Crippen LogP contribution in [0.2, 0.25) is 32.7 Å². The van der Waals surface area contributed by atoms with Crippen molar-refractivity contribution in [1.29, 1.82) is 0 Å². The van der Waals surface area contributed by atoms with Crippen LogP contribution >= 0.6 is 0 Å². The monoisotopic (exact) mass is 253 g/mol. The number of hydrogen-bond donors (Lipinski definition) is 1. The molecule has 1 N–H and O–H groups in total. The SMILES string of the molecule is CNc1ccc([Si](C)(C)O[Si](C)(C)C)cc1. The first kappa shape index (κ1) is 13.5. The van der Waals surface area contributed by atoms with Gasteiger partial charge < -0.3 is 9.43 Å². The van der Waals surface area contributed by atoms with Crippen LogP contribution < -0.4 is 10.5 Å². The first-order chi connectivity index (χ1) is 7.24. The molecule has 16 heavy (non-hydrogen) atoms. The van der Waals surface area contributed by atoms with Gasteiger partial charge in [0.25, 0.3) is 0 Å². The minimum Gasteiger partial charge on any atom is -0.452 e.